The molecule has 208 valence electrons. The highest BCUT2D eigenvalue weighted by atomic mass is 35.6. The maximum atomic E-state index is 13.2. The number of hydrogen-bond donors (Lipinski definition) is 1. The molecule has 2 amide bonds. The van der Waals surface area contributed by atoms with Crippen LogP contribution in [-0.2, 0) is 30.3 Å². The topological polar surface area (TPSA) is 134 Å². The third-order valence-electron chi connectivity index (χ3n) is 5.53. The predicted octanol–water partition coefficient (Wildman–Crippen LogP) is 2.85. The normalized spacial score (nSPS) is 20.7. The molecule has 0 bridgehead atoms. The fraction of sp³-hybridized carbons (Fsp3) is 0.375. The molecular formula is C24H23Cl3N4O6S2. The minimum Gasteiger partial charge on any atom is -0.614 e. The standard InChI is InChI=1S/C24H23Cl3N4O6S2/c1-13-8-14(2)29-23(28-13)38-10-15-11-39(35)21-18(30-17(32)9-36-16-6-4-3-5-7-16)20(33)31(21)19(15)22(34)37-12-24(25,26)27/h3-8,18,21H,9-12H2,1-2H3,(H,30,32)/t18?,21-,39?/m0/s1. The number of fused-ring (bicyclic) bond motifs is 1. The smallest absolute Gasteiger partial charge is 0.355 e. The molecule has 0 aliphatic carbocycles. The predicted molar refractivity (Wildman–Crippen MR) is 148 cm³/mol. The van der Waals surface area contributed by atoms with Crippen molar-refractivity contribution < 1.29 is 28.4 Å². The van der Waals surface area contributed by atoms with Crippen LogP contribution in [-0.4, -0.2) is 77.1 Å². The summed E-state index contributed by atoms with van der Waals surface area (Å²) in [5.41, 5.74) is 1.82. The third-order valence-corrected chi connectivity index (χ3v) is 8.45. The minimum atomic E-state index is -1.87. The number of benzene rings is 1. The van der Waals surface area contributed by atoms with Crippen molar-refractivity contribution in [1.82, 2.24) is 20.2 Å². The lowest BCUT2D eigenvalue weighted by Crippen LogP contribution is -2.75. The third kappa shape index (κ3) is 7.50. The van der Waals surface area contributed by atoms with Crippen LogP contribution in [0.5, 0.6) is 5.75 Å². The van der Waals surface area contributed by atoms with Gasteiger partial charge in [-0.15, -0.1) is 0 Å². The molecule has 3 atom stereocenters. The Balaban J connectivity index is 1.52. The first-order valence-electron chi connectivity index (χ1n) is 11.5. The zero-order chi connectivity index (χ0) is 28.3. The lowest BCUT2D eigenvalue weighted by atomic mass is 10.0. The van der Waals surface area contributed by atoms with E-state index in [1.807, 2.05) is 19.9 Å². The molecule has 0 radical (unpaired) electrons. The van der Waals surface area contributed by atoms with Crippen molar-refractivity contribution in [2.45, 2.75) is 34.2 Å². The molecule has 1 saturated heterocycles. The monoisotopic (exact) mass is 632 g/mol. The zero-order valence-corrected chi connectivity index (χ0v) is 24.6. The molecule has 1 fully saturated rings. The number of aryl methyl sites for hydroxylation is 2. The zero-order valence-electron chi connectivity index (χ0n) is 20.7. The number of ether oxygens (including phenoxy) is 2. The number of aromatic nitrogens is 2. The first-order valence-corrected chi connectivity index (χ1v) is 15.0. The van der Waals surface area contributed by atoms with Gasteiger partial charge in [-0.1, -0.05) is 64.8 Å². The van der Waals surface area contributed by atoms with Crippen LogP contribution in [0.25, 0.3) is 0 Å². The molecule has 2 unspecified atom stereocenters. The number of β-lactam (4-membered cyclic amide) rings is 1. The summed E-state index contributed by atoms with van der Waals surface area (Å²) in [6.45, 7) is 2.75. The molecular weight excluding hydrogens is 611 g/mol. The number of nitrogens with zero attached hydrogens (tertiary/aromatic N) is 3. The van der Waals surface area contributed by atoms with E-state index in [0.29, 0.717) is 16.5 Å². The molecule has 3 heterocycles. The molecule has 1 aromatic carbocycles. The van der Waals surface area contributed by atoms with Gasteiger partial charge in [-0.3, -0.25) is 14.5 Å². The number of halogens is 3. The summed E-state index contributed by atoms with van der Waals surface area (Å²) in [6.07, 6.45) is 0. The summed E-state index contributed by atoms with van der Waals surface area (Å²) in [7, 11) is 0. The first-order chi connectivity index (χ1) is 18.4. The molecule has 15 heteroatoms. The number of carbonyl (C=O) groups is 3. The highest BCUT2D eigenvalue weighted by molar-refractivity contribution is 7.99. The van der Waals surface area contributed by atoms with E-state index in [0.717, 1.165) is 16.3 Å². The van der Waals surface area contributed by atoms with E-state index in [-0.39, 0.29) is 23.8 Å². The molecule has 10 nitrogen and oxygen atoms in total. The highest BCUT2D eigenvalue weighted by Crippen LogP contribution is 2.39. The van der Waals surface area contributed by atoms with Gasteiger partial charge in [-0.2, -0.15) is 0 Å². The Bertz CT molecular complexity index is 1270. The Kier molecular flexibility index (Phi) is 9.56. The van der Waals surface area contributed by atoms with Gasteiger partial charge in [0.15, 0.2) is 17.8 Å². The second-order valence-electron chi connectivity index (χ2n) is 8.64. The van der Waals surface area contributed by atoms with Crippen LogP contribution < -0.4 is 10.1 Å². The summed E-state index contributed by atoms with van der Waals surface area (Å²) in [4.78, 5) is 48.6. The molecule has 2 aliphatic heterocycles. The van der Waals surface area contributed by atoms with Crippen molar-refractivity contribution in [1.29, 1.82) is 0 Å². The fourth-order valence-corrected chi connectivity index (χ4v) is 6.90. The number of alkyl halides is 3. The molecule has 0 saturated carbocycles. The highest BCUT2D eigenvalue weighted by Gasteiger charge is 2.61. The lowest BCUT2D eigenvalue weighted by molar-refractivity contribution is -0.153. The van der Waals surface area contributed by atoms with Gasteiger partial charge in [-0.05, 0) is 43.2 Å². The number of para-hydroxylation sites is 1. The Morgan fingerprint density at radius 3 is 2.51 bits per heavy atom. The van der Waals surface area contributed by atoms with Gasteiger partial charge in [0.05, 0.1) is 0 Å². The van der Waals surface area contributed by atoms with E-state index >= 15 is 0 Å². The van der Waals surface area contributed by atoms with Gasteiger partial charge in [-0.25, -0.2) is 14.8 Å². The second-order valence-corrected chi connectivity index (χ2v) is 13.6. The van der Waals surface area contributed by atoms with Crippen LogP contribution in [0, 0.1) is 13.8 Å². The summed E-state index contributed by atoms with van der Waals surface area (Å²) >= 11 is 16.8. The Labute approximate surface area is 246 Å². The molecule has 0 spiro atoms. The second kappa shape index (κ2) is 12.5. The van der Waals surface area contributed by atoms with Crippen molar-refractivity contribution in [3.8, 4) is 5.75 Å². The van der Waals surface area contributed by atoms with E-state index in [4.69, 9.17) is 44.3 Å². The van der Waals surface area contributed by atoms with Gasteiger partial charge < -0.3 is 19.3 Å². The van der Waals surface area contributed by atoms with Gasteiger partial charge in [0, 0.05) is 22.7 Å². The molecule has 4 rings (SSSR count). The largest absolute Gasteiger partial charge is 0.614 e. The Morgan fingerprint density at radius 1 is 1.21 bits per heavy atom. The Morgan fingerprint density at radius 2 is 1.87 bits per heavy atom. The van der Waals surface area contributed by atoms with E-state index in [1.54, 1.807) is 30.3 Å². The van der Waals surface area contributed by atoms with Gasteiger partial charge in [0.2, 0.25) is 9.17 Å². The van der Waals surface area contributed by atoms with Crippen LogP contribution in [0.4, 0.5) is 0 Å². The van der Waals surface area contributed by atoms with Crippen molar-refractivity contribution in [3.63, 3.8) is 0 Å². The number of carbonyl (C=O) groups excluding carboxylic acids is 3. The van der Waals surface area contributed by atoms with E-state index < -0.39 is 50.8 Å². The summed E-state index contributed by atoms with van der Waals surface area (Å²) < 4.78 is 22.0. The van der Waals surface area contributed by atoms with E-state index in [2.05, 4.69) is 15.3 Å². The molecule has 39 heavy (non-hydrogen) atoms. The molecule has 1 aromatic heterocycles. The lowest BCUT2D eigenvalue weighted by Gasteiger charge is -2.49. The van der Waals surface area contributed by atoms with Crippen LogP contribution in [0.3, 0.4) is 0 Å². The minimum absolute atomic E-state index is 0.0443. The van der Waals surface area contributed by atoms with Crippen LogP contribution in [0.1, 0.15) is 11.4 Å². The average molecular weight is 634 g/mol. The van der Waals surface area contributed by atoms with E-state index in [1.165, 1.54) is 11.8 Å². The van der Waals surface area contributed by atoms with Crippen molar-refractivity contribution in [2.24, 2.45) is 0 Å². The van der Waals surface area contributed by atoms with Gasteiger partial charge in [0.1, 0.15) is 23.8 Å². The maximum Gasteiger partial charge on any atom is 0.355 e. The first kappa shape index (κ1) is 29.8. The number of esters is 1. The van der Waals surface area contributed by atoms with Crippen molar-refractivity contribution >= 4 is 75.5 Å². The summed E-state index contributed by atoms with van der Waals surface area (Å²) in [6, 6.07) is 9.39. The van der Waals surface area contributed by atoms with Crippen molar-refractivity contribution in [2.75, 3.05) is 24.7 Å². The SMILES string of the molecule is Cc1cc(C)nc(SCC2=C(C(=O)OCC(Cl)(Cl)Cl)N3C(=O)C(NC(=O)COc4ccccc4)[C@@H]3[S+]([O-])C2)n1. The van der Waals surface area contributed by atoms with Crippen LogP contribution >= 0.6 is 46.6 Å². The summed E-state index contributed by atoms with van der Waals surface area (Å²) in [5.74, 6) is -1.51. The number of amides is 2. The molecule has 1 N–H and O–H groups in total. The van der Waals surface area contributed by atoms with Crippen LogP contribution in [0.15, 0.2) is 52.8 Å². The van der Waals surface area contributed by atoms with E-state index in [9.17, 15) is 18.9 Å². The fourth-order valence-electron chi connectivity index (χ4n) is 3.96. The molecule has 2 aliphatic rings. The van der Waals surface area contributed by atoms with Gasteiger partial charge in [0.25, 0.3) is 11.8 Å². The molecule has 2 aromatic rings. The Hall–Kier alpha value is -2.22. The number of hydrogen-bond acceptors (Lipinski definition) is 9. The van der Waals surface area contributed by atoms with Crippen molar-refractivity contribution in [3.05, 3.63) is 59.1 Å². The quantitative estimate of drug-likeness (QED) is 0.111. The van der Waals surface area contributed by atoms with Gasteiger partial charge >= 0.3 is 5.97 Å². The average Bonchev–Trinajstić information content (AvgIpc) is 2.87. The maximum absolute atomic E-state index is 13.2. The summed E-state index contributed by atoms with van der Waals surface area (Å²) in [5, 5.41) is 2.04. The number of rotatable bonds is 9. The van der Waals surface area contributed by atoms with Crippen LogP contribution in [0.2, 0.25) is 0 Å². The number of nitrogens with one attached hydrogen (secondary N) is 1. The number of thioether (sulfide) groups is 1.